The van der Waals surface area contributed by atoms with Gasteiger partial charge in [-0.3, -0.25) is 9.35 Å². The van der Waals surface area contributed by atoms with E-state index in [9.17, 15) is 13.2 Å². The van der Waals surface area contributed by atoms with Crippen LogP contribution in [0.15, 0.2) is 25.6 Å². The number of carbonyl (C=O) groups excluding carboxylic acids is 1. The molecule has 86 valence electrons. The van der Waals surface area contributed by atoms with Crippen molar-refractivity contribution in [2.45, 2.75) is 12.8 Å². The average molecular weight is 235 g/mol. The highest BCUT2D eigenvalue weighted by molar-refractivity contribution is 7.81. The molecule has 1 heterocycles. The first-order valence-electron chi connectivity index (χ1n) is 4.09. The van der Waals surface area contributed by atoms with Gasteiger partial charge in [0, 0.05) is 13.0 Å². The van der Waals surface area contributed by atoms with Crippen molar-refractivity contribution < 1.29 is 21.9 Å². The maximum absolute atomic E-state index is 10.7. The summed E-state index contributed by atoms with van der Waals surface area (Å²) in [7, 11) is -4.29. The number of amides is 1. The second-order valence-electron chi connectivity index (χ2n) is 2.56. The van der Waals surface area contributed by atoms with Crippen molar-refractivity contribution in [1.29, 1.82) is 0 Å². The zero-order valence-electron chi connectivity index (χ0n) is 8.13. The van der Waals surface area contributed by atoms with Gasteiger partial charge in [0.2, 0.25) is 5.91 Å². The number of likely N-dealkylation sites (tertiary alicyclic amines) is 1. The Labute approximate surface area is 88.8 Å². The molecule has 0 atom stereocenters. The predicted molar refractivity (Wildman–Crippen MR) is 54.0 cm³/mol. The Morgan fingerprint density at radius 1 is 1.47 bits per heavy atom. The van der Waals surface area contributed by atoms with Crippen LogP contribution in [0.5, 0.6) is 0 Å². The molecule has 0 radical (unpaired) electrons. The molecule has 1 fully saturated rings. The maximum atomic E-state index is 10.7. The summed E-state index contributed by atoms with van der Waals surface area (Å²) in [4.78, 5) is 12.3. The van der Waals surface area contributed by atoms with Crippen LogP contribution in [0.3, 0.4) is 0 Å². The van der Waals surface area contributed by atoms with Crippen LogP contribution in [-0.4, -0.2) is 30.3 Å². The third-order valence-electron chi connectivity index (χ3n) is 1.52. The molecule has 1 aliphatic heterocycles. The second-order valence-corrected chi connectivity index (χ2v) is 3.61. The molecule has 7 heteroatoms. The summed E-state index contributed by atoms with van der Waals surface area (Å²) in [5.41, 5.74) is 0. The highest BCUT2D eigenvalue weighted by Crippen LogP contribution is 2.08. The van der Waals surface area contributed by atoms with Gasteiger partial charge in [-0.05, 0) is 12.6 Å². The zero-order valence-corrected chi connectivity index (χ0v) is 8.94. The van der Waals surface area contributed by atoms with Crippen LogP contribution in [-0.2, 0) is 19.4 Å². The van der Waals surface area contributed by atoms with Gasteiger partial charge in [-0.25, -0.2) is 0 Å². The monoisotopic (exact) mass is 235 g/mol. The normalized spacial score (nSPS) is 15.3. The van der Waals surface area contributed by atoms with Gasteiger partial charge in [0.1, 0.15) is 6.26 Å². The fraction of sp³-hybridized carbons (Fsp3) is 0.375. The fourth-order valence-electron chi connectivity index (χ4n) is 0.948. The van der Waals surface area contributed by atoms with E-state index >= 15 is 0 Å². The molecule has 0 aromatic carbocycles. The number of carbonyl (C=O) groups is 1. The Morgan fingerprint density at radius 2 is 2.07 bits per heavy atom. The number of hydrogen-bond donors (Lipinski definition) is 1. The van der Waals surface area contributed by atoms with E-state index in [2.05, 4.69) is 17.3 Å². The molecule has 15 heavy (non-hydrogen) atoms. The quantitative estimate of drug-likeness (QED) is 0.575. The molecule has 0 aliphatic carbocycles. The van der Waals surface area contributed by atoms with Crippen LogP contribution >= 0.6 is 0 Å². The number of hydrogen-bond acceptors (Lipinski definition) is 4. The van der Waals surface area contributed by atoms with Gasteiger partial charge in [-0.15, -0.1) is 0 Å². The van der Waals surface area contributed by atoms with Gasteiger partial charge in [-0.2, -0.15) is 8.42 Å². The fourth-order valence-corrected chi connectivity index (χ4v) is 1.12. The van der Waals surface area contributed by atoms with E-state index in [-0.39, 0.29) is 5.91 Å². The van der Waals surface area contributed by atoms with Crippen molar-refractivity contribution in [2.75, 3.05) is 6.54 Å². The highest BCUT2D eigenvalue weighted by atomic mass is 32.3. The molecule has 0 unspecified atom stereocenters. The number of nitrogens with zero attached hydrogens (tertiary/aromatic N) is 1. The lowest BCUT2D eigenvalue weighted by Crippen LogP contribution is -2.16. The summed E-state index contributed by atoms with van der Waals surface area (Å²) in [6, 6.07) is 0. The molecule has 0 aromatic rings. The Bertz CT molecular complexity index is 335. The summed E-state index contributed by atoms with van der Waals surface area (Å²) in [5, 5.41) is 0. The first kappa shape index (κ1) is 13.7. The van der Waals surface area contributed by atoms with Gasteiger partial charge >= 0.3 is 10.4 Å². The van der Waals surface area contributed by atoms with E-state index in [1.165, 1.54) is 0 Å². The Kier molecular flexibility index (Phi) is 5.65. The molecular formula is C8H13NO5S. The Morgan fingerprint density at radius 3 is 2.20 bits per heavy atom. The molecule has 0 bridgehead atoms. The third-order valence-corrected chi connectivity index (χ3v) is 1.90. The van der Waals surface area contributed by atoms with Gasteiger partial charge < -0.3 is 9.08 Å². The smallest absolute Gasteiger partial charge is 0.370 e. The van der Waals surface area contributed by atoms with Crippen LogP contribution in [0.4, 0.5) is 0 Å². The average Bonchev–Trinajstić information content (AvgIpc) is 2.49. The molecule has 0 aromatic heterocycles. The lowest BCUT2D eigenvalue weighted by molar-refractivity contribution is -0.125. The van der Waals surface area contributed by atoms with E-state index in [4.69, 9.17) is 4.55 Å². The van der Waals surface area contributed by atoms with Crippen LogP contribution < -0.4 is 0 Å². The number of rotatable bonds is 3. The Hall–Kier alpha value is -1.34. The topological polar surface area (TPSA) is 83.9 Å². The van der Waals surface area contributed by atoms with Crippen LogP contribution in [0.1, 0.15) is 12.8 Å². The van der Waals surface area contributed by atoms with Gasteiger partial charge in [-0.1, -0.05) is 13.2 Å². The first-order valence-corrected chi connectivity index (χ1v) is 5.46. The molecular weight excluding hydrogens is 222 g/mol. The molecule has 1 aliphatic rings. The van der Waals surface area contributed by atoms with E-state index in [0.29, 0.717) is 12.7 Å². The van der Waals surface area contributed by atoms with Crippen molar-refractivity contribution in [3.63, 3.8) is 0 Å². The predicted octanol–water partition coefficient (Wildman–Crippen LogP) is 0.702. The molecule has 1 amide bonds. The van der Waals surface area contributed by atoms with Gasteiger partial charge in [0.05, 0.1) is 0 Å². The van der Waals surface area contributed by atoms with Crippen molar-refractivity contribution in [3.05, 3.63) is 25.6 Å². The third kappa shape index (κ3) is 6.69. The van der Waals surface area contributed by atoms with Crippen molar-refractivity contribution >= 4 is 16.3 Å². The minimum Gasteiger partial charge on any atom is -0.370 e. The SMILES string of the molecule is C=CN1CCCC1=O.C=COS(=O)(=O)O. The molecule has 0 spiro atoms. The van der Waals surface area contributed by atoms with Crippen LogP contribution in [0.2, 0.25) is 0 Å². The van der Waals surface area contributed by atoms with E-state index < -0.39 is 10.4 Å². The minimum absolute atomic E-state index is 0.208. The summed E-state index contributed by atoms with van der Waals surface area (Å²) >= 11 is 0. The summed E-state index contributed by atoms with van der Waals surface area (Å²) in [5.74, 6) is 0.208. The standard InChI is InChI=1S/C6H9NO.C2H4O4S/c1-2-7-5-3-4-6(7)8;1-2-6-7(3,4)5/h2H,1,3-5H2;2H,1H2,(H,3,4,5). The zero-order chi connectivity index (χ0) is 11.9. The van der Waals surface area contributed by atoms with Crippen LogP contribution in [0, 0.1) is 0 Å². The van der Waals surface area contributed by atoms with Crippen molar-refractivity contribution in [1.82, 2.24) is 4.90 Å². The molecule has 0 saturated carbocycles. The lowest BCUT2D eigenvalue weighted by Gasteiger charge is -2.05. The largest absolute Gasteiger partial charge is 0.445 e. The molecule has 6 nitrogen and oxygen atoms in total. The van der Waals surface area contributed by atoms with E-state index in [1.807, 2.05) is 0 Å². The summed E-state index contributed by atoms with van der Waals surface area (Å²) in [6.07, 6.45) is 3.90. The second kappa shape index (κ2) is 6.20. The van der Waals surface area contributed by atoms with E-state index in [1.54, 1.807) is 11.1 Å². The van der Waals surface area contributed by atoms with Gasteiger partial charge in [0.25, 0.3) is 0 Å². The minimum atomic E-state index is -4.29. The van der Waals surface area contributed by atoms with Gasteiger partial charge in [0.15, 0.2) is 0 Å². The van der Waals surface area contributed by atoms with E-state index in [0.717, 1.165) is 13.0 Å². The van der Waals surface area contributed by atoms with Crippen molar-refractivity contribution in [3.8, 4) is 0 Å². The first-order chi connectivity index (χ1) is 6.90. The molecule has 1 saturated heterocycles. The summed E-state index contributed by atoms with van der Waals surface area (Å²) in [6.45, 7) is 7.25. The van der Waals surface area contributed by atoms with Crippen molar-refractivity contribution in [2.24, 2.45) is 0 Å². The summed E-state index contributed by atoms with van der Waals surface area (Å²) < 4.78 is 30.2. The van der Waals surface area contributed by atoms with Crippen LogP contribution in [0.25, 0.3) is 0 Å². The maximum Gasteiger partial charge on any atom is 0.445 e. The molecule has 1 N–H and O–H groups in total. The Balaban J connectivity index is 0.000000265. The lowest BCUT2D eigenvalue weighted by atomic mass is 10.4. The molecule has 1 rings (SSSR count). The highest BCUT2D eigenvalue weighted by Gasteiger charge is 2.15.